The van der Waals surface area contributed by atoms with Gasteiger partial charge in [-0.3, -0.25) is 4.79 Å². The SMILES string of the molecule is COc1ccccc1[C@H](C)C(=O)N1C[C@H]2C[C@H](C)C[C@](O)(c3ccccc3OC)[C@H]2C1. The monoisotopic (exact) mass is 423 g/mol. The first-order valence-corrected chi connectivity index (χ1v) is 11.2. The highest BCUT2D eigenvalue weighted by Gasteiger charge is 2.53. The lowest BCUT2D eigenvalue weighted by atomic mass is 9.64. The maximum absolute atomic E-state index is 13.5. The van der Waals surface area contributed by atoms with Crippen molar-refractivity contribution in [3.05, 3.63) is 59.7 Å². The van der Waals surface area contributed by atoms with E-state index in [1.54, 1.807) is 14.2 Å². The van der Waals surface area contributed by atoms with E-state index < -0.39 is 5.60 Å². The number of fused-ring (bicyclic) bond motifs is 1. The Bertz CT molecular complexity index is 945. The normalized spacial score (nSPS) is 28.7. The Kier molecular flexibility index (Phi) is 5.98. The van der Waals surface area contributed by atoms with Crippen molar-refractivity contribution < 1.29 is 19.4 Å². The molecule has 1 N–H and O–H groups in total. The van der Waals surface area contributed by atoms with Gasteiger partial charge in [0.25, 0.3) is 0 Å². The van der Waals surface area contributed by atoms with Gasteiger partial charge in [-0.05, 0) is 43.7 Å². The van der Waals surface area contributed by atoms with Gasteiger partial charge in [0.1, 0.15) is 11.5 Å². The number of aliphatic hydroxyl groups is 1. The zero-order valence-electron chi connectivity index (χ0n) is 18.9. The molecule has 1 saturated heterocycles. The second-order valence-corrected chi connectivity index (χ2v) is 9.24. The van der Waals surface area contributed by atoms with E-state index >= 15 is 0 Å². The van der Waals surface area contributed by atoms with Crippen LogP contribution in [-0.4, -0.2) is 43.2 Å². The zero-order chi connectivity index (χ0) is 22.2. The Hall–Kier alpha value is -2.53. The molecule has 5 nitrogen and oxygen atoms in total. The molecule has 4 rings (SSSR count). The predicted molar refractivity (Wildman–Crippen MR) is 120 cm³/mol. The van der Waals surface area contributed by atoms with Gasteiger partial charge in [-0.2, -0.15) is 0 Å². The summed E-state index contributed by atoms with van der Waals surface area (Å²) in [6, 6.07) is 15.5. The fourth-order valence-electron chi connectivity index (χ4n) is 5.86. The summed E-state index contributed by atoms with van der Waals surface area (Å²) in [5, 5.41) is 12.0. The molecule has 166 valence electrons. The number of carbonyl (C=O) groups excluding carboxylic acids is 1. The lowest BCUT2D eigenvalue weighted by Crippen LogP contribution is -2.45. The number of hydrogen-bond acceptors (Lipinski definition) is 4. The Labute approximate surface area is 185 Å². The quantitative estimate of drug-likeness (QED) is 0.783. The van der Waals surface area contributed by atoms with E-state index in [1.165, 1.54) is 0 Å². The molecule has 0 spiro atoms. The molecule has 1 amide bonds. The Morgan fingerprint density at radius 2 is 1.71 bits per heavy atom. The summed E-state index contributed by atoms with van der Waals surface area (Å²) < 4.78 is 11.1. The van der Waals surface area contributed by atoms with Gasteiger partial charge in [0.2, 0.25) is 5.91 Å². The number of ether oxygens (including phenoxy) is 2. The second-order valence-electron chi connectivity index (χ2n) is 9.24. The van der Waals surface area contributed by atoms with E-state index in [0.29, 0.717) is 31.2 Å². The van der Waals surface area contributed by atoms with Crippen LogP contribution >= 0.6 is 0 Å². The van der Waals surface area contributed by atoms with Gasteiger partial charge in [-0.25, -0.2) is 0 Å². The van der Waals surface area contributed by atoms with E-state index in [9.17, 15) is 9.90 Å². The average molecular weight is 424 g/mol. The molecule has 1 saturated carbocycles. The molecule has 0 bridgehead atoms. The largest absolute Gasteiger partial charge is 0.496 e. The summed E-state index contributed by atoms with van der Waals surface area (Å²) in [6.07, 6.45) is 1.70. The van der Waals surface area contributed by atoms with Crippen LogP contribution in [0.2, 0.25) is 0 Å². The van der Waals surface area contributed by atoms with E-state index in [2.05, 4.69) is 6.92 Å². The first-order chi connectivity index (χ1) is 14.9. The number of amides is 1. The van der Waals surface area contributed by atoms with Gasteiger partial charge in [0.05, 0.1) is 25.7 Å². The van der Waals surface area contributed by atoms with Crippen LogP contribution in [0.25, 0.3) is 0 Å². The van der Waals surface area contributed by atoms with Gasteiger partial charge in [0, 0.05) is 30.1 Å². The van der Waals surface area contributed by atoms with E-state index in [-0.39, 0.29) is 23.7 Å². The minimum absolute atomic E-state index is 0.00572. The smallest absolute Gasteiger partial charge is 0.229 e. The fraction of sp³-hybridized carbons (Fsp3) is 0.500. The molecule has 2 aromatic carbocycles. The van der Waals surface area contributed by atoms with Crippen LogP contribution in [0.1, 0.15) is 43.7 Å². The van der Waals surface area contributed by atoms with Crippen molar-refractivity contribution in [1.29, 1.82) is 0 Å². The van der Waals surface area contributed by atoms with Crippen molar-refractivity contribution in [1.82, 2.24) is 4.90 Å². The molecule has 1 heterocycles. The van der Waals surface area contributed by atoms with Crippen LogP contribution in [0.15, 0.2) is 48.5 Å². The number of rotatable bonds is 5. The van der Waals surface area contributed by atoms with Gasteiger partial charge in [-0.1, -0.05) is 43.3 Å². The molecule has 0 radical (unpaired) electrons. The molecule has 5 atom stereocenters. The van der Waals surface area contributed by atoms with Crippen molar-refractivity contribution in [3.8, 4) is 11.5 Å². The first-order valence-electron chi connectivity index (χ1n) is 11.2. The molecule has 2 aliphatic rings. The molecule has 2 fully saturated rings. The molecule has 0 aromatic heterocycles. The number of para-hydroxylation sites is 2. The number of nitrogens with zero attached hydrogens (tertiary/aromatic N) is 1. The highest BCUT2D eigenvalue weighted by molar-refractivity contribution is 5.84. The Morgan fingerprint density at radius 3 is 2.42 bits per heavy atom. The summed E-state index contributed by atoms with van der Waals surface area (Å²) in [5.74, 6) is 1.88. The molecule has 2 aromatic rings. The third-order valence-electron chi connectivity index (χ3n) is 7.28. The van der Waals surface area contributed by atoms with E-state index in [1.807, 2.05) is 60.4 Å². The summed E-state index contributed by atoms with van der Waals surface area (Å²) in [7, 11) is 3.28. The highest BCUT2D eigenvalue weighted by atomic mass is 16.5. The lowest BCUT2D eigenvalue weighted by Gasteiger charge is -2.44. The fourth-order valence-corrected chi connectivity index (χ4v) is 5.86. The third-order valence-corrected chi connectivity index (χ3v) is 7.28. The van der Waals surface area contributed by atoms with Crippen LogP contribution in [-0.2, 0) is 10.4 Å². The van der Waals surface area contributed by atoms with Gasteiger partial charge >= 0.3 is 0 Å². The predicted octanol–water partition coefficient (Wildman–Crippen LogP) is 4.20. The Balaban J connectivity index is 1.62. The summed E-state index contributed by atoms with van der Waals surface area (Å²) >= 11 is 0. The second kappa shape index (κ2) is 8.54. The maximum Gasteiger partial charge on any atom is 0.229 e. The molecule has 1 aliphatic heterocycles. The molecule has 1 aliphatic carbocycles. The van der Waals surface area contributed by atoms with Crippen molar-refractivity contribution in [2.75, 3.05) is 27.3 Å². The van der Waals surface area contributed by atoms with Crippen LogP contribution in [0.3, 0.4) is 0 Å². The van der Waals surface area contributed by atoms with Crippen LogP contribution in [0.5, 0.6) is 11.5 Å². The number of methoxy groups -OCH3 is 2. The van der Waals surface area contributed by atoms with E-state index in [0.717, 1.165) is 23.3 Å². The molecule has 0 unspecified atom stereocenters. The molecular weight excluding hydrogens is 390 g/mol. The standard InChI is InChI=1S/C26H33NO4/c1-17-13-19-15-27(25(28)18(2)20-9-5-7-11-23(20)30-3)16-22(19)26(29,14-17)21-10-6-8-12-24(21)31-4/h5-12,17-19,22,29H,13-16H2,1-4H3/t17-,18-,19+,22-,26-/m0/s1. The molecule has 31 heavy (non-hydrogen) atoms. The lowest BCUT2D eigenvalue weighted by molar-refractivity contribution is -0.132. The number of likely N-dealkylation sites (tertiary alicyclic amines) is 1. The zero-order valence-corrected chi connectivity index (χ0v) is 18.9. The summed E-state index contributed by atoms with van der Waals surface area (Å²) in [4.78, 5) is 15.4. The van der Waals surface area contributed by atoms with Crippen LogP contribution in [0.4, 0.5) is 0 Å². The van der Waals surface area contributed by atoms with Gasteiger partial charge in [-0.15, -0.1) is 0 Å². The van der Waals surface area contributed by atoms with Crippen LogP contribution < -0.4 is 9.47 Å². The van der Waals surface area contributed by atoms with Crippen molar-refractivity contribution in [2.24, 2.45) is 17.8 Å². The summed E-state index contributed by atoms with van der Waals surface area (Å²) in [6.45, 7) is 5.38. The average Bonchev–Trinajstić information content (AvgIpc) is 3.22. The maximum atomic E-state index is 13.5. The van der Waals surface area contributed by atoms with Gasteiger partial charge in [0.15, 0.2) is 0 Å². The number of carbonyl (C=O) groups is 1. The van der Waals surface area contributed by atoms with Crippen LogP contribution in [0, 0.1) is 17.8 Å². The van der Waals surface area contributed by atoms with Crippen molar-refractivity contribution >= 4 is 5.91 Å². The molecular formula is C26H33NO4. The Morgan fingerprint density at radius 1 is 1.06 bits per heavy atom. The first kappa shape index (κ1) is 21.7. The van der Waals surface area contributed by atoms with Gasteiger partial charge < -0.3 is 19.5 Å². The topological polar surface area (TPSA) is 59.0 Å². The minimum Gasteiger partial charge on any atom is -0.496 e. The minimum atomic E-state index is -1.00. The van der Waals surface area contributed by atoms with Crippen molar-refractivity contribution in [3.63, 3.8) is 0 Å². The van der Waals surface area contributed by atoms with E-state index in [4.69, 9.17) is 9.47 Å². The molecule has 5 heteroatoms. The van der Waals surface area contributed by atoms with Crippen molar-refractivity contribution in [2.45, 2.75) is 38.2 Å². The number of benzene rings is 2. The highest BCUT2D eigenvalue weighted by Crippen LogP contribution is 2.52. The number of hydrogen-bond donors (Lipinski definition) is 1. The summed E-state index contributed by atoms with van der Waals surface area (Å²) in [5.41, 5.74) is 0.738. The third kappa shape index (κ3) is 3.80.